The predicted octanol–water partition coefficient (Wildman–Crippen LogP) is 3.59. The Bertz CT molecular complexity index is 429. The Hall–Kier alpha value is -0.680. The zero-order valence-electron chi connectivity index (χ0n) is 11.1. The van der Waals surface area contributed by atoms with Gasteiger partial charge in [-0.05, 0) is 25.1 Å². The Labute approximate surface area is 135 Å². The van der Waals surface area contributed by atoms with Crippen LogP contribution in [0.3, 0.4) is 0 Å². The number of halogens is 3. The molecule has 0 atom stereocenters. The molecule has 0 aliphatic carbocycles. The highest BCUT2D eigenvalue weighted by atomic mass is 35.5. The van der Waals surface area contributed by atoms with Crippen molar-refractivity contribution in [3.05, 3.63) is 28.2 Å². The lowest BCUT2D eigenvalue weighted by atomic mass is 10.3. The number of carboxylic acids is 1. The molecule has 1 aromatic rings. The molecule has 0 amide bonds. The molecule has 0 heterocycles. The molecular formula is C13H18Cl3NO3. The molecule has 7 heteroatoms. The van der Waals surface area contributed by atoms with Crippen LogP contribution < -0.4 is 4.74 Å². The fourth-order valence-electron chi connectivity index (χ4n) is 1.65. The molecule has 1 rings (SSSR count). The topological polar surface area (TPSA) is 49.8 Å². The number of aliphatic carboxylic acids is 1. The zero-order chi connectivity index (χ0) is 14.3. The highest BCUT2D eigenvalue weighted by Gasteiger charge is 2.09. The van der Waals surface area contributed by atoms with Gasteiger partial charge >= 0.3 is 5.97 Å². The van der Waals surface area contributed by atoms with Crippen LogP contribution in [0.5, 0.6) is 5.75 Å². The summed E-state index contributed by atoms with van der Waals surface area (Å²) in [5.41, 5.74) is 0. The fraction of sp³-hybridized carbons (Fsp3) is 0.462. The van der Waals surface area contributed by atoms with Crippen molar-refractivity contribution in [1.82, 2.24) is 4.90 Å². The monoisotopic (exact) mass is 341 g/mol. The summed E-state index contributed by atoms with van der Waals surface area (Å²) >= 11 is 11.8. The second-order valence-electron chi connectivity index (χ2n) is 4.09. The highest BCUT2D eigenvalue weighted by Crippen LogP contribution is 2.27. The molecule has 0 aliphatic heterocycles. The molecule has 0 radical (unpaired) electrons. The van der Waals surface area contributed by atoms with Crippen molar-refractivity contribution in [2.45, 2.75) is 13.3 Å². The van der Waals surface area contributed by atoms with Crippen LogP contribution in [0.15, 0.2) is 18.2 Å². The SMILES string of the molecule is CCCN(CCOc1cc(Cl)ccc1Cl)CC(=O)O.Cl. The standard InChI is InChI=1S/C13H17Cl2NO3.ClH/c1-2-5-16(9-13(17)18)6-7-19-12-8-10(14)3-4-11(12)15;/h3-4,8H,2,5-7,9H2,1H3,(H,17,18);1H. The van der Waals surface area contributed by atoms with E-state index in [0.717, 1.165) is 13.0 Å². The molecule has 1 aromatic carbocycles. The highest BCUT2D eigenvalue weighted by molar-refractivity contribution is 6.34. The summed E-state index contributed by atoms with van der Waals surface area (Å²) in [6.45, 7) is 3.64. The lowest BCUT2D eigenvalue weighted by molar-refractivity contribution is -0.138. The summed E-state index contributed by atoms with van der Waals surface area (Å²) in [7, 11) is 0. The van der Waals surface area contributed by atoms with Crippen LogP contribution in [0.4, 0.5) is 0 Å². The molecule has 20 heavy (non-hydrogen) atoms. The number of hydrogen-bond acceptors (Lipinski definition) is 3. The maximum absolute atomic E-state index is 10.7. The Morgan fingerprint density at radius 2 is 2.05 bits per heavy atom. The Morgan fingerprint density at radius 3 is 2.65 bits per heavy atom. The fourth-order valence-corrected chi connectivity index (χ4v) is 1.98. The Morgan fingerprint density at radius 1 is 1.35 bits per heavy atom. The van der Waals surface area contributed by atoms with Gasteiger partial charge in [-0.1, -0.05) is 30.1 Å². The van der Waals surface area contributed by atoms with Gasteiger partial charge in [0.05, 0.1) is 11.6 Å². The third kappa shape index (κ3) is 7.20. The van der Waals surface area contributed by atoms with E-state index in [-0.39, 0.29) is 19.0 Å². The van der Waals surface area contributed by atoms with Crippen molar-refractivity contribution in [3.8, 4) is 5.75 Å². The summed E-state index contributed by atoms with van der Waals surface area (Å²) in [4.78, 5) is 12.5. The second-order valence-corrected chi connectivity index (χ2v) is 4.94. The van der Waals surface area contributed by atoms with Crippen molar-refractivity contribution in [2.75, 3.05) is 26.2 Å². The minimum absolute atomic E-state index is 0. The van der Waals surface area contributed by atoms with E-state index in [9.17, 15) is 4.79 Å². The van der Waals surface area contributed by atoms with Gasteiger partial charge in [0, 0.05) is 17.6 Å². The number of hydrogen-bond donors (Lipinski definition) is 1. The van der Waals surface area contributed by atoms with Crippen molar-refractivity contribution in [1.29, 1.82) is 0 Å². The van der Waals surface area contributed by atoms with Crippen molar-refractivity contribution in [2.24, 2.45) is 0 Å². The number of nitrogens with zero attached hydrogens (tertiary/aromatic N) is 1. The molecule has 0 saturated carbocycles. The van der Waals surface area contributed by atoms with Crippen LogP contribution in [-0.2, 0) is 4.79 Å². The Kier molecular flexibility index (Phi) is 9.76. The number of ether oxygens (including phenoxy) is 1. The quantitative estimate of drug-likeness (QED) is 0.784. The van der Waals surface area contributed by atoms with Gasteiger partial charge in [-0.3, -0.25) is 9.69 Å². The molecule has 4 nitrogen and oxygen atoms in total. The van der Waals surface area contributed by atoms with Gasteiger partial charge in [-0.15, -0.1) is 12.4 Å². The van der Waals surface area contributed by atoms with Gasteiger partial charge in [-0.25, -0.2) is 0 Å². The molecule has 0 aliphatic rings. The summed E-state index contributed by atoms with van der Waals surface area (Å²) in [6.07, 6.45) is 0.894. The molecule has 0 spiro atoms. The van der Waals surface area contributed by atoms with Gasteiger partial charge < -0.3 is 9.84 Å². The first-order chi connectivity index (χ1) is 9.02. The average Bonchev–Trinajstić information content (AvgIpc) is 2.33. The van der Waals surface area contributed by atoms with Crippen LogP contribution in [0.2, 0.25) is 10.0 Å². The largest absolute Gasteiger partial charge is 0.491 e. The van der Waals surface area contributed by atoms with Crippen LogP contribution >= 0.6 is 35.6 Å². The van der Waals surface area contributed by atoms with Crippen LogP contribution in [0.25, 0.3) is 0 Å². The first-order valence-corrected chi connectivity index (χ1v) is 6.80. The summed E-state index contributed by atoms with van der Waals surface area (Å²) in [5, 5.41) is 9.83. The predicted molar refractivity (Wildman–Crippen MR) is 83.6 cm³/mol. The van der Waals surface area contributed by atoms with Gasteiger partial charge in [0.25, 0.3) is 0 Å². The normalized spacial score (nSPS) is 10.2. The zero-order valence-corrected chi connectivity index (χ0v) is 13.5. The van der Waals surface area contributed by atoms with Crippen molar-refractivity contribution < 1.29 is 14.6 Å². The first-order valence-electron chi connectivity index (χ1n) is 6.05. The number of rotatable bonds is 8. The van der Waals surface area contributed by atoms with Crippen LogP contribution in [0, 0.1) is 0 Å². The average molecular weight is 343 g/mol. The van der Waals surface area contributed by atoms with Gasteiger partial charge in [0.15, 0.2) is 0 Å². The summed E-state index contributed by atoms with van der Waals surface area (Å²) < 4.78 is 5.53. The number of carboxylic acid groups (broad SMARTS) is 1. The van der Waals surface area contributed by atoms with E-state index in [4.69, 9.17) is 33.0 Å². The van der Waals surface area contributed by atoms with E-state index in [1.165, 1.54) is 0 Å². The van der Waals surface area contributed by atoms with E-state index < -0.39 is 5.97 Å². The molecule has 114 valence electrons. The van der Waals surface area contributed by atoms with Crippen LogP contribution in [-0.4, -0.2) is 42.2 Å². The smallest absolute Gasteiger partial charge is 0.317 e. The Balaban J connectivity index is 0.00000361. The maximum Gasteiger partial charge on any atom is 0.317 e. The van der Waals surface area contributed by atoms with Gasteiger partial charge in [0.1, 0.15) is 12.4 Å². The minimum atomic E-state index is -0.839. The summed E-state index contributed by atoms with van der Waals surface area (Å²) in [6, 6.07) is 5.00. The lowest BCUT2D eigenvalue weighted by Gasteiger charge is -2.19. The number of carbonyl (C=O) groups is 1. The summed E-state index contributed by atoms with van der Waals surface area (Å²) in [5.74, 6) is -0.324. The van der Waals surface area contributed by atoms with Crippen LogP contribution in [0.1, 0.15) is 13.3 Å². The van der Waals surface area contributed by atoms with E-state index in [2.05, 4.69) is 0 Å². The molecule has 0 unspecified atom stereocenters. The molecule has 0 fully saturated rings. The van der Waals surface area contributed by atoms with Crippen molar-refractivity contribution in [3.63, 3.8) is 0 Å². The molecular weight excluding hydrogens is 325 g/mol. The van der Waals surface area contributed by atoms with Gasteiger partial charge in [0.2, 0.25) is 0 Å². The van der Waals surface area contributed by atoms with Crippen molar-refractivity contribution >= 4 is 41.6 Å². The van der Waals surface area contributed by atoms with Gasteiger partial charge in [-0.2, -0.15) is 0 Å². The second kappa shape index (κ2) is 10.1. The van der Waals surface area contributed by atoms with E-state index in [1.807, 2.05) is 11.8 Å². The number of benzene rings is 1. The molecule has 1 N–H and O–H groups in total. The van der Waals surface area contributed by atoms with E-state index in [1.54, 1.807) is 18.2 Å². The molecule has 0 bridgehead atoms. The third-order valence-corrected chi connectivity index (χ3v) is 3.00. The minimum Gasteiger partial charge on any atom is -0.491 e. The molecule has 0 aromatic heterocycles. The molecule has 0 saturated heterocycles. The van der Waals surface area contributed by atoms with E-state index >= 15 is 0 Å². The first kappa shape index (κ1) is 19.3. The maximum atomic E-state index is 10.7. The lowest BCUT2D eigenvalue weighted by Crippen LogP contribution is -2.34. The third-order valence-electron chi connectivity index (χ3n) is 2.46. The van der Waals surface area contributed by atoms with E-state index in [0.29, 0.717) is 28.9 Å².